The monoisotopic (exact) mass is 377 g/mol. The van der Waals surface area contributed by atoms with Crippen LogP contribution in [0.25, 0.3) is 0 Å². The van der Waals surface area contributed by atoms with Gasteiger partial charge >= 0.3 is 5.97 Å². The van der Waals surface area contributed by atoms with Crippen molar-refractivity contribution in [3.05, 3.63) is 42.0 Å². The summed E-state index contributed by atoms with van der Waals surface area (Å²) in [5.41, 5.74) is 0.451. The van der Waals surface area contributed by atoms with E-state index in [1.807, 2.05) is 20.8 Å². The quantitative estimate of drug-likeness (QED) is 0.413. The highest BCUT2D eigenvalue weighted by molar-refractivity contribution is 7.80. The third-order valence-electron chi connectivity index (χ3n) is 2.80. The summed E-state index contributed by atoms with van der Waals surface area (Å²) in [6.45, 7) is 7.52. The summed E-state index contributed by atoms with van der Waals surface area (Å²) in [5, 5.41) is 8.07. The van der Waals surface area contributed by atoms with Crippen LogP contribution in [0.5, 0.6) is 0 Å². The van der Waals surface area contributed by atoms with E-state index in [2.05, 4.69) is 20.7 Å². The average Bonchev–Trinajstić information content (AvgIpc) is 2.52. The maximum atomic E-state index is 12.4. The number of carbonyl (C=O) groups is 3. The highest BCUT2D eigenvalue weighted by Gasteiger charge is 2.18. The molecule has 26 heavy (non-hydrogen) atoms. The molecule has 0 radical (unpaired) electrons. The van der Waals surface area contributed by atoms with Gasteiger partial charge in [0.05, 0.1) is 17.9 Å². The van der Waals surface area contributed by atoms with E-state index in [1.165, 1.54) is 0 Å². The van der Waals surface area contributed by atoms with Crippen LogP contribution in [0.4, 0.5) is 5.69 Å². The number of rotatable bonds is 5. The Hall–Kier alpha value is -2.74. The van der Waals surface area contributed by atoms with Crippen LogP contribution in [0.2, 0.25) is 0 Å². The maximum absolute atomic E-state index is 12.4. The number of hydrogen-bond donors (Lipinski definition) is 3. The van der Waals surface area contributed by atoms with Gasteiger partial charge in [-0.15, -0.1) is 0 Å². The summed E-state index contributed by atoms with van der Waals surface area (Å²) in [7, 11) is 0. The third-order valence-corrected chi connectivity index (χ3v) is 3.01. The van der Waals surface area contributed by atoms with Crippen LogP contribution in [0.15, 0.2) is 36.4 Å². The molecular weight excluding hydrogens is 354 g/mol. The number of para-hydroxylation sites is 1. The fourth-order valence-electron chi connectivity index (χ4n) is 1.84. The van der Waals surface area contributed by atoms with E-state index in [0.717, 1.165) is 12.2 Å². The van der Waals surface area contributed by atoms with Gasteiger partial charge in [-0.2, -0.15) is 0 Å². The normalized spacial score (nSPS) is 10.9. The standard InChI is InChI=1S/C18H23N3O4S/c1-5-25-15(23)11-10-14(22)20-17(26)19-13-9-7-6-8-12(13)16(24)21-18(2,3)4/h6-11H,5H2,1-4H3,(H,21,24)(H2,19,20,22,26). The Morgan fingerprint density at radius 1 is 1.15 bits per heavy atom. The summed E-state index contributed by atoms with van der Waals surface area (Å²) in [6, 6.07) is 6.78. The minimum atomic E-state index is -0.620. The zero-order valence-corrected chi connectivity index (χ0v) is 16.0. The number of amides is 2. The van der Waals surface area contributed by atoms with Gasteiger partial charge in [0.1, 0.15) is 0 Å². The number of ether oxygens (including phenoxy) is 1. The molecule has 0 unspecified atom stereocenters. The van der Waals surface area contributed by atoms with E-state index < -0.39 is 17.4 Å². The van der Waals surface area contributed by atoms with Gasteiger partial charge < -0.3 is 15.4 Å². The Kier molecular flexibility index (Phi) is 7.92. The SMILES string of the molecule is CCOC(=O)C=CC(=O)NC(=S)Nc1ccccc1C(=O)NC(C)(C)C. The van der Waals surface area contributed by atoms with Gasteiger partial charge in [-0.25, -0.2) is 4.79 Å². The molecule has 0 bridgehead atoms. The van der Waals surface area contributed by atoms with Crippen molar-refractivity contribution in [2.45, 2.75) is 33.2 Å². The number of nitrogens with one attached hydrogen (secondary N) is 3. The van der Waals surface area contributed by atoms with Crippen molar-refractivity contribution >= 4 is 40.8 Å². The Labute approximate surface area is 158 Å². The lowest BCUT2D eigenvalue weighted by molar-refractivity contribution is -0.137. The number of benzene rings is 1. The Morgan fingerprint density at radius 3 is 2.42 bits per heavy atom. The average molecular weight is 377 g/mol. The first-order valence-corrected chi connectivity index (χ1v) is 8.41. The van der Waals surface area contributed by atoms with Gasteiger partial charge in [0.2, 0.25) is 5.91 Å². The molecule has 2 amide bonds. The minimum absolute atomic E-state index is 0.000447. The van der Waals surface area contributed by atoms with Crippen LogP contribution in [0.1, 0.15) is 38.1 Å². The number of anilines is 1. The molecule has 0 aromatic heterocycles. The lowest BCUT2D eigenvalue weighted by atomic mass is 10.1. The van der Waals surface area contributed by atoms with E-state index in [0.29, 0.717) is 11.3 Å². The van der Waals surface area contributed by atoms with Crippen LogP contribution in [-0.2, 0) is 14.3 Å². The summed E-state index contributed by atoms with van der Waals surface area (Å²) in [4.78, 5) is 35.3. The summed E-state index contributed by atoms with van der Waals surface area (Å²) < 4.78 is 4.68. The topological polar surface area (TPSA) is 96.5 Å². The molecule has 140 valence electrons. The molecule has 1 aromatic rings. The van der Waals surface area contributed by atoms with Crippen LogP contribution >= 0.6 is 12.2 Å². The first kappa shape index (κ1) is 21.3. The molecule has 1 rings (SSSR count). The van der Waals surface area contributed by atoms with E-state index in [1.54, 1.807) is 31.2 Å². The molecule has 0 aliphatic carbocycles. The Balaban J connectivity index is 2.74. The molecule has 1 aromatic carbocycles. The molecule has 0 heterocycles. The van der Waals surface area contributed by atoms with Gasteiger partial charge in [-0.3, -0.25) is 14.9 Å². The predicted molar refractivity (Wildman–Crippen MR) is 104 cm³/mol. The van der Waals surface area contributed by atoms with Gasteiger partial charge in [0, 0.05) is 17.7 Å². The molecule has 0 fully saturated rings. The summed E-state index contributed by atoms with van der Waals surface area (Å²) in [6.07, 6.45) is 2.02. The van der Waals surface area contributed by atoms with Crippen molar-refractivity contribution in [1.29, 1.82) is 0 Å². The molecule has 8 heteroatoms. The van der Waals surface area contributed by atoms with Crippen LogP contribution < -0.4 is 16.0 Å². The van der Waals surface area contributed by atoms with Crippen LogP contribution in [0.3, 0.4) is 0 Å². The highest BCUT2D eigenvalue weighted by Crippen LogP contribution is 2.16. The summed E-state index contributed by atoms with van der Waals surface area (Å²) >= 11 is 5.07. The van der Waals surface area contributed by atoms with E-state index in [4.69, 9.17) is 12.2 Å². The van der Waals surface area contributed by atoms with Gasteiger partial charge in [-0.1, -0.05) is 12.1 Å². The molecule has 0 saturated carbocycles. The van der Waals surface area contributed by atoms with Gasteiger partial charge in [0.15, 0.2) is 5.11 Å². The Bertz CT molecular complexity index is 723. The fraction of sp³-hybridized carbons (Fsp3) is 0.333. The maximum Gasteiger partial charge on any atom is 0.330 e. The van der Waals surface area contributed by atoms with Crippen molar-refractivity contribution in [2.24, 2.45) is 0 Å². The van der Waals surface area contributed by atoms with Crippen molar-refractivity contribution in [3.8, 4) is 0 Å². The minimum Gasteiger partial charge on any atom is -0.463 e. The first-order valence-electron chi connectivity index (χ1n) is 8.00. The smallest absolute Gasteiger partial charge is 0.330 e. The molecule has 0 spiro atoms. The molecule has 0 atom stereocenters. The highest BCUT2D eigenvalue weighted by atomic mass is 32.1. The van der Waals surface area contributed by atoms with E-state index >= 15 is 0 Å². The van der Waals surface area contributed by atoms with Crippen LogP contribution in [0, 0.1) is 0 Å². The lowest BCUT2D eigenvalue weighted by Crippen LogP contribution is -2.41. The van der Waals surface area contributed by atoms with E-state index in [9.17, 15) is 14.4 Å². The van der Waals surface area contributed by atoms with E-state index in [-0.39, 0.29) is 17.6 Å². The number of carbonyl (C=O) groups excluding carboxylic acids is 3. The Morgan fingerprint density at radius 2 is 1.81 bits per heavy atom. The largest absolute Gasteiger partial charge is 0.463 e. The number of esters is 1. The molecule has 3 N–H and O–H groups in total. The molecule has 0 aliphatic rings. The van der Waals surface area contributed by atoms with Crippen molar-refractivity contribution in [1.82, 2.24) is 10.6 Å². The number of hydrogen-bond acceptors (Lipinski definition) is 5. The second-order valence-corrected chi connectivity index (χ2v) is 6.69. The molecular formula is C18H23N3O4S. The summed E-state index contributed by atoms with van der Waals surface area (Å²) in [5.74, 6) is -1.48. The zero-order valence-electron chi connectivity index (χ0n) is 15.2. The fourth-order valence-corrected chi connectivity index (χ4v) is 2.05. The van der Waals surface area contributed by atoms with Crippen molar-refractivity contribution < 1.29 is 19.1 Å². The van der Waals surface area contributed by atoms with Crippen molar-refractivity contribution in [2.75, 3.05) is 11.9 Å². The molecule has 0 aliphatic heterocycles. The van der Waals surface area contributed by atoms with Crippen molar-refractivity contribution in [3.63, 3.8) is 0 Å². The van der Waals surface area contributed by atoms with Gasteiger partial charge in [0.25, 0.3) is 5.91 Å². The van der Waals surface area contributed by atoms with Crippen LogP contribution in [-0.4, -0.2) is 35.0 Å². The zero-order chi connectivity index (χ0) is 19.7. The van der Waals surface area contributed by atoms with Gasteiger partial charge in [-0.05, 0) is 52.0 Å². The second kappa shape index (κ2) is 9.67. The number of thiocarbonyl (C=S) groups is 1. The molecule has 7 nitrogen and oxygen atoms in total. The first-order chi connectivity index (χ1) is 12.1. The predicted octanol–water partition coefficient (Wildman–Crippen LogP) is 2.15. The lowest BCUT2D eigenvalue weighted by Gasteiger charge is -2.21. The second-order valence-electron chi connectivity index (χ2n) is 6.28. The molecule has 0 saturated heterocycles. The third kappa shape index (κ3) is 7.89.